The van der Waals surface area contributed by atoms with Crippen molar-refractivity contribution in [3.63, 3.8) is 0 Å². The summed E-state index contributed by atoms with van der Waals surface area (Å²) in [6, 6.07) is 0. The molecule has 1 aliphatic heterocycles. The van der Waals surface area contributed by atoms with Gasteiger partial charge in [-0.15, -0.1) is 0 Å². The first kappa shape index (κ1) is 8.35. The van der Waals surface area contributed by atoms with Gasteiger partial charge in [0.25, 0.3) is 0 Å². The maximum absolute atomic E-state index is 4.33. The highest BCUT2D eigenvalue weighted by atomic mass is 15.0. The maximum Gasteiger partial charge on any atom is 0.158 e. The van der Waals surface area contributed by atoms with Gasteiger partial charge in [0.05, 0.1) is 5.69 Å². The molecule has 0 saturated heterocycles. The van der Waals surface area contributed by atoms with E-state index < -0.39 is 0 Å². The molecule has 0 bridgehead atoms. The standard InChI is InChI=1S/C10H13N3/c1-10(2,3)8-7-4-5-11-9(7)13-6-12-8/h5-6H,4H2,1-3H3. The van der Waals surface area contributed by atoms with Gasteiger partial charge >= 0.3 is 0 Å². The second-order valence-electron chi connectivity index (χ2n) is 4.29. The lowest BCUT2D eigenvalue weighted by molar-refractivity contribution is 0.562. The van der Waals surface area contributed by atoms with Crippen molar-refractivity contribution in [2.24, 2.45) is 4.99 Å². The molecule has 0 fully saturated rings. The molecule has 2 rings (SSSR count). The Hall–Kier alpha value is -1.25. The largest absolute Gasteiger partial charge is 0.241 e. The van der Waals surface area contributed by atoms with Crippen LogP contribution in [0.5, 0.6) is 0 Å². The van der Waals surface area contributed by atoms with Crippen molar-refractivity contribution in [2.45, 2.75) is 32.6 Å². The van der Waals surface area contributed by atoms with Gasteiger partial charge in [0.2, 0.25) is 0 Å². The molecule has 0 amide bonds. The molecule has 68 valence electrons. The SMILES string of the molecule is CC(C)(C)c1ncnc2c1CC=N2. The summed E-state index contributed by atoms with van der Waals surface area (Å²) in [5.74, 6) is 0.847. The summed E-state index contributed by atoms with van der Waals surface area (Å²) in [7, 11) is 0. The van der Waals surface area contributed by atoms with Crippen LogP contribution < -0.4 is 0 Å². The third kappa shape index (κ3) is 1.34. The van der Waals surface area contributed by atoms with Crippen LogP contribution >= 0.6 is 0 Å². The van der Waals surface area contributed by atoms with Crippen molar-refractivity contribution in [3.05, 3.63) is 17.6 Å². The van der Waals surface area contributed by atoms with Crippen LogP contribution in [-0.4, -0.2) is 16.2 Å². The van der Waals surface area contributed by atoms with Gasteiger partial charge in [-0.2, -0.15) is 0 Å². The predicted octanol–water partition coefficient (Wildman–Crippen LogP) is 2.03. The highest BCUT2D eigenvalue weighted by molar-refractivity contribution is 5.74. The Balaban J connectivity index is 2.57. The average molecular weight is 175 g/mol. The summed E-state index contributed by atoms with van der Waals surface area (Å²) in [6.07, 6.45) is 4.37. The minimum absolute atomic E-state index is 0.0841. The van der Waals surface area contributed by atoms with Gasteiger partial charge in [0.1, 0.15) is 6.33 Å². The number of fused-ring (bicyclic) bond motifs is 1. The molecule has 0 saturated carbocycles. The lowest BCUT2D eigenvalue weighted by atomic mass is 9.88. The van der Waals surface area contributed by atoms with Gasteiger partial charge < -0.3 is 0 Å². The fraction of sp³-hybridized carbons (Fsp3) is 0.500. The zero-order chi connectivity index (χ0) is 9.47. The molecular formula is C10H13N3. The van der Waals surface area contributed by atoms with E-state index in [0.717, 1.165) is 17.9 Å². The number of hydrogen-bond donors (Lipinski definition) is 0. The zero-order valence-electron chi connectivity index (χ0n) is 8.20. The van der Waals surface area contributed by atoms with Gasteiger partial charge in [-0.05, 0) is 0 Å². The summed E-state index contributed by atoms with van der Waals surface area (Å²) in [4.78, 5) is 12.7. The quantitative estimate of drug-likeness (QED) is 0.605. The molecule has 1 aromatic rings. The van der Waals surface area contributed by atoms with Crippen molar-refractivity contribution in [1.29, 1.82) is 0 Å². The van der Waals surface area contributed by atoms with Crippen LogP contribution in [0.1, 0.15) is 32.0 Å². The molecule has 0 atom stereocenters. The molecule has 13 heavy (non-hydrogen) atoms. The van der Waals surface area contributed by atoms with Gasteiger partial charge in [-0.3, -0.25) is 0 Å². The van der Waals surface area contributed by atoms with Crippen molar-refractivity contribution < 1.29 is 0 Å². The van der Waals surface area contributed by atoms with Crippen molar-refractivity contribution in [3.8, 4) is 0 Å². The zero-order valence-corrected chi connectivity index (χ0v) is 8.20. The van der Waals surface area contributed by atoms with Crippen LogP contribution in [0.3, 0.4) is 0 Å². The minimum atomic E-state index is 0.0841. The van der Waals surface area contributed by atoms with Crippen LogP contribution in [0.4, 0.5) is 5.82 Å². The molecular weight excluding hydrogens is 162 g/mol. The number of aliphatic imine (C=N–C) groups is 1. The average Bonchev–Trinajstić information content (AvgIpc) is 2.48. The highest BCUT2D eigenvalue weighted by Gasteiger charge is 2.23. The topological polar surface area (TPSA) is 38.1 Å². The Morgan fingerprint density at radius 1 is 1.23 bits per heavy atom. The smallest absolute Gasteiger partial charge is 0.158 e. The van der Waals surface area contributed by atoms with E-state index in [-0.39, 0.29) is 5.41 Å². The van der Waals surface area contributed by atoms with Crippen LogP contribution in [0.25, 0.3) is 0 Å². The third-order valence-corrected chi connectivity index (χ3v) is 2.14. The van der Waals surface area contributed by atoms with Crippen molar-refractivity contribution in [1.82, 2.24) is 9.97 Å². The fourth-order valence-corrected chi connectivity index (χ4v) is 1.57. The van der Waals surface area contributed by atoms with E-state index in [1.807, 2.05) is 6.21 Å². The van der Waals surface area contributed by atoms with Crippen molar-refractivity contribution >= 4 is 12.0 Å². The molecule has 0 unspecified atom stereocenters. The van der Waals surface area contributed by atoms with Crippen LogP contribution in [-0.2, 0) is 11.8 Å². The first-order chi connectivity index (χ1) is 6.09. The summed E-state index contributed by atoms with van der Waals surface area (Å²) < 4.78 is 0. The molecule has 1 aromatic heterocycles. The third-order valence-electron chi connectivity index (χ3n) is 2.14. The molecule has 0 aromatic carbocycles. The van der Waals surface area contributed by atoms with E-state index in [4.69, 9.17) is 0 Å². The summed E-state index contributed by atoms with van der Waals surface area (Å²) in [5.41, 5.74) is 2.39. The molecule has 3 nitrogen and oxygen atoms in total. The lowest BCUT2D eigenvalue weighted by Gasteiger charge is -2.19. The molecule has 3 heteroatoms. The Bertz CT molecular complexity index is 361. The molecule has 0 radical (unpaired) electrons. The molecule has 2 heterocycles. The van der Waals surface area contributed by atoms with Gasteiger partial charge in [0.15, 0.2) is 5.82 Å². The van der Waals surface area contributed by atoms with E-state index in [9.17, 15) is 0 Å². The maximum atomic E-state index is 4.33. The second kappa shape index (κ2) is 2.62. The first-order valence-corrected chi connectivity index (χ1v) is 4.46. The number of aromatic nitrogens is 2. The Kier molecular flexibility index (Phi) is 1.68. The number of nitrogens with zero attached hydrogens (tertiary/aromatic N) is 3. The van der Waals surface area contributed by atoms with E-state index in [1.54, 1.807) is 6.33 Å². The van der Waals surface area contributed by atoms with E-state index in [2.05, 4.69) is 35.7 Å². The normalized spacial score (nSPS) is 14.7. The summed E-state index contributed by atoms with van der Waals surface area (Å²) in [5, 5.41) is 0. The van der Waals surface area contributed by atoms with E-state index in [0.29, 0.717) is 0 Å². The summed E-state index contributed by atoms with van der Waals surface area (Å²) in [6.45, 7) is 6.48. The highest BCUT2D eigenvalue weighted by Crippen LogP contribution is 2.30. The van der Waals surface area contributed by atoms with Crippen LogP contribution in [0, 0.1) is 0 Å². The first-order valence-electron chi connectivity index (χ1n) is 4.46. The fourth-order valence-electron chi connectivity index (χ4n) is 1.57. The van der Waals surface area contributed by atoms with Gasteiger partial charge in [0, 0.05) is 23.6 Å². The Morgan fingerprint density at radius 3 is 2.69 bits per heavy atom. The number of rotatable bonds is 0. The monoisotopic (exact) mass is 175 g/mol. The van der Waals surface area contributed by atoms with Gasteiger partial charge in [-0.1, -0.05) is 20.8 Å². The van der Waals surface area contributed by atoms with E-state index in [1.165, 1.54) is 5.56 Å². The predicted molar refractivity (Wildman–Crippen MR) is 52.6 cm³/mol. The van der Waals surface area contributed by atoms with Crippen LogP contribution in [0.2, 0.25) is 0 Å². The Labute approximate surface area is 77.9 Å². The summed E-state index contributed by atoms with van der Waals surface area (Å²) >= 11 is 0. The van der Waals surface area contributed by atoms with Crippen LogP contribution in [0.15, 0.2) is 11.3 Å². The van der Waals surface area contributed by atoms with Gasteiger partial charge in [-0.25, -0.2) is 15.0 Å². The molecule has 0 aliphatic carbocycles. The molecule has 0 N–H and O–H groups in total. The van der Waals surface area contributed by atoms with E-state index >= 15 is 0 Å². The molecule has 0 spiro atoms. The minimum Gasteiger partial charge on any atom is -0.241 e. The Morgan fingerprint density at radius 2 is 2.00 bits per heavy atom. The van der Waals surface area contributed by atoms with Crippen molar-refractivity contribution in [2.75, 3.05) is 0 Å². The second-order valence-corrected chi connectivity index (χ2v) is 4.29. The lowest BCUT2D eigenvalue weighted by Crippen LogP contribution is -2.16. The number of hydrogen-bond acceptors (Lipinski definition) is 3. The molecule has 1 aliphatic rings.